The summed E-state index contributed by atoms with van der Waals surface area (Å²) in [5.74, 6) is 0. The van der Waals surface area contributed by atoms with E-state index in [2.05, 4.69) is 16.0 Å². The van der Waals surface area contributed by atoms with E-state index in [0.29, 0.717) is 0 Å². The average Bonchev–Trinajstić information content (AvgIpc) is 3.12. The van der Waals surface area contributed by atoms with Gasteiger partial charge in [0.2, 0.25) is 0 Å². The van der Waals surface area contributed by atoms with E-state index >= 15 is 0 Å². The van der Waals surface area contributed by atoms with Crippen molar-refractivity contribution in [2.24, 2.45) is 0 Å². The minimum atomic E-state index is 0.725. The molecule has 19 heavy (non-hydrogen) atoms. The van der Waals surface area contributed by atoms with Crippen LogP contribution in [0, 0.1) is 0 Å². The fourth-order valence-corrected chi connectivity index (χ4v) is 4.09. The number of hydrogen-bond acceptors (Lipinski definition) is 3. The summed E-state index contributed by atoms with van der Waals surface area (Å²) < 4.78 is 0. The molecule has 3 aliphatic carbocycles. The predicted octanol–water partition coefficient (Wildman–Crippen LogP) is 3.52. The van der Waals surface area contributed by atoms with Gasteiger partial charge in [-0.15, -0.1) is 0 Å². The number of nitrogens with one attached hydrogen (secondary N) is 2. The van der Waals surface area contributed by atoms with Crippen LogP contribution in [-0.4, -0.2) is 23.2 Å². The molecule has 0 radical (unpaired) electrons. The summed E-state index contributed by atoms with van der Waals surface area (Å²) in [5.41, 5.74) is 7.67. The van der Waals surface area contributed by atoms with Gasteiger partial charge in [-0.3, -0.25) is 0 Å². The molecule has 110 valence electrons. The molecule has 0 saturated heterocycles. The first-order valence-corrected chi connectivity index (χ1v) is 8.73. The topological polar surface area (TPSA) is 27.3 Å². The molecule has 3 fully saturated rings. The zero-order chi connectivity index (χ0) is 12.9. The first-order chi connectivity index (χ1) is 9.42. The lowest BCUT2D eigenvalue weighted by molar-refractivity contribution is 0.0180. The summed E-state index contributed by atoms with van der Waals surface area (Å²) in [7, 11) is 0. The molecule has 0 atom stereocenters. The highest BCUT2D eigenvalue weighted by Crippen LogP contribution is 2.25. The number of hydrogen-bond donors (Lipinski definition) is 2. The molecule has 0 aromatic heterocycles. The Morgan fingerprint density at radius 1 is 0.526 bits per heavy atom. The lowest BCUT2D eigenvalue weighted by atomic mass is 9.96. The number of rotatable bonds is 5. The Labute approximate surface area is 118 Å². The molecule has 2 N–H and O–H groups in total. The minimum absolute atomic E-state index is 0.725. The Balaban J connectivity index is 1.54. The van der Waals surface area contributed by atoms with Crippen molar-refractivity contribution in [3.8, 4) is 0 Å². The lowest BCUT2D eigenvalue weighted by Crippen LogP contribution is -2.59. The van der Waals surface area contributed by atoms with Crippen LogP contribution in [0.2, 0.25) is 0 Å². The smallest absolute Gasteiger partial charge is 0.0400 e. The predicted molar refractivity (Wildman–Crippen MR) is 79.5 cm³/mol. The van der Waals surface area contributed by atoms with E-state index in [1.165, 1.54) is 83.5 Å². The lowest BCUT2D eigenvalue weighted by Gasteiger charge is -2.37. The molecule has 3 aliphatic rings. The van der Waals surface area contributed by atoms with Crippen LogP contribution in [0.15, 0.2) is 0 Å². The summed E-state index contributed by atoms with van der Waals surface area (Å²) in [6, 6.07) is 2.20. The van der Waals surface area contributed by atoms with E-state index in [9.17, 15) is 0 Å². The van der Waals surface area contributed by atoms with Crippen LogP contribution in [0.4, 0.5) is 0 Å². The second-order valence-electron chi connectivity index (χ2n) is 6.88. The maximum atomic E-state index is 3.85. The van der Waals surface area contributed by atoms with E-state index in [1.54, 1.807) is 0 Å². The molecular weight excluding hydrogens is 234 g/mol. The van der Waals surface area contributed by atoms with E-state index < -0.39 is 0 Å². The van der Waals surface area contributed by atoms with Gasteiger partial charge in [0.25, 0.3) is 0 Å². The molecule has 3 rings (SSSR count). The molecule has 0 aromatic carbocycles. The van der Waals surface area contributed by atoms with Crippen molar-refractivity contribution in [1.82, 2.24) is 16.0 Å². The van der Waals surface area contributed by atoms with E-state index in [1.807, 2.05) is 0 Å². The highest BCUT2D eigenvalue weighted by atomic mass is 15.7. The van der Waals surface area contributed by atoms with Gasteiger partial charge in [0.15, 0.2) is 0 Å². The molecule has 0 bridgehead atoms. The highest BCUT2D eigenvalue weighted by Gasteiger charge is 2.28. The molecule has 0 heterocycles. The molecule has 0 aromatic rings. The van der Waals surface area contributed by atoms with Crippen LogP contribution >= 0.6 is 0 Å². The van der Waals surface area contributed by atoms with Gasteiger partial charge in [-0.2, -0.15) is 5.12 Å². The van der Waals surface area contributed by atoms with Gasteiger partial charge in [-0.25, -0.2) is 10.9 Å². The summed E-state index contributed by atoms with van der Waals surface area (Å²) in [6.07, 6.45) is 18.2. The van der Waals surface area contributed by atoms with E-state index in [-0.39, 0.29) is 0 Å². The normalized spacial score (nSPS) is 27.6. The standard InChI is InChI=1S/C16H31N3/c1-2-8-14(9-3-1)17-19(16-12-6-7-13-16)18-15-10-4-5-11-15/h14-18H,1-13H2. The third kappa shape index (κ3) is 3.93. The van der Waals surface area contributed by atoms with Crippen molar-refractivity contribution < 1.29 is 0 Å². The third-order valence-electron chi connectivity index (χ3n) is 5.29. The number of hydrazine groups is 2. The summed E-state index contributed by atoms with van der Waals surface area (Å²) >= 11 is 0. The van der Waals surface area contributed by atoms with Gasteiger partial charge in [-0.05, 0) is 38.5 Å². The largest absolute Gasteiger partial charge is 0.238 e. The Hall–Kier alpha value is -0.120. The fraction of sp³-hybridized carbons (Fsp3) is 1.00. The van der Waals surface area contributed by atoms with Gasteiger partial charge in [0.05, 0.1) is 0 Å². The van der Waals surface area contributed by atoms with Crippen LogP contribution in [0.1, 0.15) is 83.5 Å². The van der Waals surface area contributed by atoms with Gasteiger partial charge in [0.1, 0.15) is 0 Å². The average molecular weight is 265 g/mol. The molecule has 3 nitrogen and oxygen atoms in total. The van der Waals surface area contributed by atoms with Crippen molar-refractivity contribution in [3.05, 3.63) is 0 Å². The van der Waals surface area contributed by atoms with Crippen LogP contribution in [0.3, 0.4) is 0 Å². The van der Waals surface area contributed by atoms with Crippen LogP contribution in [0.5, 0.6) is 0 Å². The van der Waals surface area contributed by atoms with E-state index in [0.717, 1.165) is 18.1 Å². The summed E-state index contributed by atoms with van der Waals surface area (Å²) in [5, 5.41) is 2.46. The summed E-state index contributed by atoms with van der Waals surface area (Å²) in [4.78, 5) is 0. The van der Waals surface area contributed by atoms with Crippen molar-refractivity contribution in [3.63, 3.8) is 0 Å². The Bertz CT molecular complexity index is 251. The van der Waals surface area contributed by atoms with Crippen molar-refractivity contribution in [1.29, 1.82) is 0 Å². The second kappa shape index (κ2) is 7.05. The maximum absolute atomic E-state index is 3.85. The second-order valence-corrected chi connectivity index (χ2v) is 6.88. The maximum Gasteiger partial charge on any atom is 0.0400 e. The van der Waals surface area contributed by atoms with Crippen molar-refractivity contribution in [2.45, 2.75) is 102 Å². The Morgan fingerprint density at radius 2 is 0.947 bits per heavy atom. The highest BCUT2D eigenvalue weighted by molar-refractivity contribution is 4.80. The SMILES string of the molecule is C1CCC(NN(NC2CCCC2)C2CCCC2)CC1. The molecule has 0 amide bonds. The van der Waals surface area contributed by atoms with Gasteiger partial charge < -0.3 is 0 Å². The van der Waals surface area contributed by atoms with Gasteiger partial charge in [-0.1, -0.05) is 44.9 Å². The summed E-state index contributed by atoms with van der Waals surface area (Å²) in [6.45, 7) is 0. The molecular formula is C16H31N3. The van der Waals surface area contributed by atoms with Gasteiger partial charge in [0, 0.05) is 18.1 Å². The van der Waals surface area contributed by atoms with Crippen molar-refractivity contribution in [2.75, 3.05) is 0 Å². The van der Waals surface area contributed by atoms with Crippen LogP contribution < -0.4 is 10.9 Å². The monoisotopic (exact) mass is 265 g/mol. The first-order valence-electron chi connectivity index (χ1n) is 8.73. The zero-order valence-electron chi connectivity index (χ0n) is 12.4. The number of nitrogens with zero attached hydrogens (tertiary/aromatic N) is 1. The quantitative estimate of drug-likeness (QED) is 0.745. The van der Waals surface area contributed by atoms with Crippen LogP contribution in [0.25, 0.3) is 0 Å². The Morgan fingerprint density at radius 3 is 1.47 bits per heavy atom. The Kier molecular flexibility index (Phi) is 5.14. The molecule has 0 unspecified atom stereocenters. The van der Waals surface area contributed by atoms with Crippen LogP contribution in [-0.2, 0) is 0 Å². The molecule has 3 saturated carbocycles. The fourth-order valence-electron chi connectivity index (χ4n) is 4.09. The molecule has 0 aliphatic heterocycles. The van der Waals surface area contributed by atoms with Crippen molar-refractivity contribution >= 4 is 0 Å². The van der Waals surface area contributed by atoms with E-state index in [4.69, 9.17) is 0 Å². The molecule has 0 spiro atoms. The molecule has 3 heteroatoms. The minimum Gasteiger partial charge on any atom is -0.238 e. The zero-order valence-corrected chi connectivity index (χ0v) is 12.4. The first kappa shape index (κ1) is 13.8. The third-order valence-corrected chi connectivity index (χ3v) is 5.29. The van der Waals surface area contributed by atoms with Gasteiger partial charge >= 0.3 is 0 Å².